The van der Waals surface area contributed by atoms with Crippen molar-refractivity contribution in [3.63, 3.8) is 0 Å². The predicted molar refractivity (Wildman–Crippen MR) is 57.5 cm³/mol. The Morgan fingerprint density at radius 1 is 1.29 bits per heavy atom. The van der Waals surface area contributed by atoms with Crippen molar-refractivity contribution in [2.75, 3.05) is 39.3 Å². The van der Waals surface area contributed by atoms with E-state index in [1.807, 2.05) is 0 Å². The summed E-state index contributed by atoms with van der Waals surface area (Å²) in [7, 11) is 0. The SMILES string of the molecule is C1CCN(CCCO[C@@H]2CCNC2)C1. The van der Waals surface area contributed by atoms with E-state index in [9.17, 15) is 0 Å². The molecule has 0 aromatic rings. The molecule has 0 saturated carbocycles. The van der Waals surface area contributed by atoms with Crippen LogP contribution in [0.4, 0.5) is 0 Å². The van der Waals surface area contributed by atoms with E-state index in [1.165, 1.54) is 45.3 Å². The van der Waals surface area contributed by atoms with Crippen LogP contribution in [0.15, 0.2) is 0 Å². The number of nitrogens with zero attached hydrogens (tertiary/aromatic N) is 1. The highest BCUT2D eigenvalue weighted by atomic mass is 16.5. The summed E-state index contributed by atoms with van der Waals surface area (Å²) in [6.45, 7) is 7.00. The van der Waals surface area contributed by atoms with Crippen molar-refractivity contribution in [1.82, 2.24) is 10.2 Å². The zero-order valence-corrected chi connectivity index (χ0v) is 9.00. The molecule has 3 nitrogen and oxygen atoms in total. The molecular weight excluding hydrogens is 176 g/mol. The monoisotopic (exact) mass is 198 g/mol. The molecule has 0 bridgehead atoms. The lowest BCUT2D eigenvalue weighted by atomic mass is 10.3. The zero-order chi connectivity index (χ0) is 9.64. The topological polar surface area (TPSA) is 24.5 Å². The Balaban J connectivity index is 1.46. The molecular formula is C11H22N2O. The standard InChI is InChI=1S/C11H22N2O/c1-2-7-13(6-1)8-3-9-14-11-4-5-12-10-11/h11-12H,1-10H2/t11-/m1/s1. The molecule has 0 aromatic heterocycles. The summed E-state index contributed by atoms with van der Waals surface area (Å²) in [5.41, 5.74) is 0. The highest BCUT2D eigenvalue weighted by Crippen LogP contribution is 2.08. The Hall–Kier alpha value is -0.120. The molecule has 0 aromatic carbocycles. The van der Waals surface area contributed by atoms with Crippen molar-refractivity contribution in [1.29, 1.82) is 0 Å². The minimum absolute atomic E-state index is 0.494. The second-order valence-corrected chi connectivity index (χ2v) is 4.39. The van der Waals surface area contributed by atoms with E-state index >= 15 is 0 Å². The molecule has 0 radical (unpaired) electrons. The van der Waals surface area contributed by atoms with Gasteiger partial charge in [0.05, 0.1) is 6.10 Å². The molecule has 2 rings (SSSR count). The smallest absolute Gasteiger partial charge is 0.0711 e. The summed E-state index contributed by atoms with van der Waals surface area (Å²) >= 11 is 0. The number of ether oxygens (including phenoxy) is 1. The van der Waals surface area contributed by atoms with Crippen LogP contribution in [0, 0.1) is 0 Å². The molecule has 3 heteroatoms. The van der Waals surface area contributed by atoms with Crippen LogP contribution in [0.3, 0.4) is 0 Å². The van der Waals surface area contributed by atoms with E-state index < -0.39 is 0 Å². The lowest BCUT2D eigenvalue weighted by Gasteiger charge is -2.15. The van der Waals surface area contributed by atoms with Crippen molar-refractivity contribution >= 4 is 0 Å². The third kappa shape index (κ3) is 3.23. The Bertz CT molecular complexity index is 133. The molecule has 0 spiro atoms. The molecule has 2 heterocycles. The number of likely N-dealkylation sites (tertiary alicyclic amines) is 1. The summed E-state index contributed by atoms with van der Waals surface area (Å²) < 4.78 is 5.77. The molecule has 2 fully saturated rings. The average molecular weight is 198 g/mol. The second-order valence-electron chi connectivity index (χ2n) is 4.39. The maximum Gasteiger partial charge on any atom is 0.0711 e. The first kappa shape index (κ1) is 10.4. The Morgan fingerprint density at radius 2 is 2.14 bits per heavy atom. The zero-order valence-electron chi connectivity index (χ0n) is 9.00. The Labute approximate surface area is 86.8 Å². The van der Waals surface area contributed by atoms with Gasteiger partial charge in [-0.05, 0) is 45.3 Å². The fourth-order valence-corrected chi connectivity index (χ4v) is 2.31. The third-order valence-corrected chi connectivity index (χ3v) is 3.19. The van der Waals surface area contributed by atoms with Gasteiger partial charge in [-0.15, -0.1) is 0 Å². The van der Waals surface area contributed by atoms with E-state index in [1.54, 1.807) is 0 Å². The third-order valence-electron chi connectivity index (χ3n) is 3.19. The highest BCUT2D eigenvalue weighted by molar-refractivity contribution is 4.71. The van der Waals surface area contributed by atoms with Gasteiger partial charge in [0.25, 0.3) is 0 Å². The predicted octanol–water partition coefficient (Wildman–Crippen LogP) is 0.851. The maximum absolute atomic E-state index is 5.77. The van der Waals surface area contributed by atoms with E-state index in [-0.39, 0.29) is 0 Å². The fraction of sp³-hybridized carbons (Fsp3) is 1.00. The Morgan fingerprint density at radius 3 is 2.86 bits per heavy atom. The van der Waals surface area contributed by atoms with Gasteiger partial charge in [-0.3, -0.25) is 0 Å². The van der Waals surface area contributed by atoms with Crippen LogP contribution < -0.4 is 5.32 Å². The van der Waals surface area contributed by atoms with Crippen LogP contribution >= 0.6 is 0 Å². The molecule has 0 amide bonds. The molecule has 1 atom stereocenters. The summed E-state index contributed by atoms with van der Waals surface area (Å²) in [5, 5.41) is 3.32. The van der Waals surface area contributed by atoms with Crippen molar-refractivity contribution in [3.05, 3.63) is 0 Å². The number of nitrogens with one attached hydrogen (secondary N) is 1. The summed E-state index contributed by atoms with van der Waals surface area (Å²) in [6.07, 6.45) is 5.69. The van der Waals surface area contributed by atoms with Gasteiger partial charge in [0.1, 0.15) is 0 Å². The lowest BCUT2D eigenvalue weighted by molar-refractivity contribution is 0.0610. The number of hydrogen-bond donors (Lipinski definition) is 1. The van der Waals surface area contributed by atoms with Crippen LogP contribution in [0.25, 0.3) is 0 Å². The molecule has 2 aliphatic heterocycles. The lowest BCUT2D eigenvalue weighted by Crippen LogP contribution is -2.23. The van der Waals surface area contributed by atoms with E-state index in [0.717, 1.165) is 19.7 Å². The van der Waals surface area contributed by atoms with Gasteiger partial charge in [-0.1, -0.05) is 0 Å². The largest absolute Gasteiger partial charge is 0.377 e. The van der Waals surface area contributed by atoms with Crippen LogP contribution in [0.2, 0.25) is 0 Å². The van der Waals surface area contributed by atoms with Gasteiger partial charge >= 0.3 is 0 Å². The summed E-state index contributed by atoms with van der Waals surface area (Å²) in [5.74, 6) is 0. The Kier molecular flexibility index (Phi) is 4.22. The molecule has 2 aliphatic rings. The molecule has 14 heavy (non-hydrogen) atoms. The van der Waals surface area contributed by atoms with Crippen molar-refractivity contribution in [2.24, 2.45) is 0 Å². The summed E-state index contributed by atoms with van der Waals surface area (Å²) in [4.78, 5) is 2.55. The minimum Gasteiger partial charge on any atom is -0.377 e. The van der Waals surface area contributed by atoms with Gasteiger partial charge in [0.15, 0.2) is 0 Å². The van der Waals surface area contributed by atoms with Gasteiger partial charge < -0.3 is 15.0 Å². The number of rotatable bonds is 5. The first-order chi connectivity index (χ1) is 6.95. The highest BCUT2D eigenvalue weighted by Gasteiger charge is 2.15. The normalized spacial score (nSPS) is 28.7. The van der Waals surface area contributed by atoms with E-state index in [4.69, 9.17) is 4.74 Å². The van der Waals surface area contributed by atoms with Gasteiger partial charge in [-0.2, -0.15) is 0 Å². The number of hydrogen-bond acceptors (Lipinski definition) is 3. The van der Waals surface area contributed by atoms with E-state index in [0.29, 0.717) is 6.10 Å². The van der Waals surface area contributed by atoms with Crippen molar-refractivity contribution < 1.29 is 4.74 Å². The van der Waals surface area contributed by atoms with Crippen LogP contribution in [0.5, 0.6) is 0 Å². The summed E-state index contributed by atoms with van der Waals surface area (Å²) in [6, 6.07) is 0. The fourth-order valence-electron chi connectivity index (χ4n) is 2.31. The van der Waals surface area contributed by atoms with Crippen molar-refractivity contribution in [3.8, 4) is 0 Å². The molecule has 0 unspecified atom stereocenters. The first-order valence-electron chi connectivity index (χ1n) is 6.00. The quantitative estimate of drug-likeness (QED) is 0.663. The van der Waals surface area contributed by atoms with E-state index in [2.05, 4.69) is 10.2 Å². The van der Waals surface area contributed by atoms with Crippen LogP contribution in [-0.4, -0.2) is 50.3 Å². The molecule has 1 N–H and O–H groups in total. The molecule has 2 saturated heterocycles. The maximum atomic E-state index is 5.77. The van der Waals surface area contributed by atoms with Gasteiger partial charge in [-0.25, -0.2) is 0 Å². The average Bonchev–Trinajstić information content (AvgIpc) is 2.86. The van der Waals surface area contributed by atoms with Crippen LogP contribution in [0.1, 0.15) is 25.7 Å². The second kappa shape index (κ2) is 5.69. The molecule has 82 valence electrons. The van der Waals surface area contributed by atoms with Crippen molar-refractivity contribution in [2.45, 2.75) is 31.8 Å². The van der Waals surface area contributed by atoms with Crippen LogP contribution in [-0.2, 0) is 4.74 Å². The van der Waals surface area contributed by atoms with Gasteiger partial charge in [0.2, 0.25) is 0 Å². The molecule has 0 aliphatic carbocycles. The van der Waals surface area contributed by atoms with Gasteiger partial charge in [0, 0.05) is 19.7 Å². The minimum atomic E-state index is 0.494. The first-order valence-corrected chi connectivity index (χ1v) is 6.00.